The Morgan fingerprint density at radius 3 is 2.44 bits per heavy atom. The van der Waals surface area contributed by atoms with Crippen LogP contribution in [-0.2, 0) is 0 Å². The molecule has 0 saturated carbocycles. The van der Waals surface area contributed by atoms with Crippen molar-refractivity contribution in [1.29, 1.82) is 0 Å². The molecule has 32 heavy (non-hydrogen) atoms. The lowest BCUT2D eigenvalue weighted by Gasteiger charge is -2.05. The van der Waals surface area contributed by atoms with E-state index in [1.165, 1.54) is 25.1 Å². The van der Waals surface area contributed by atoms with Gasteiger partial charge in [-0.15, -0.1) is 0 Å². The zero-order valence-electron chi connectivity index (χ0n) is 17.2. The van der Waals surface area contributed by atoms with E-state index in [9.17, 15) is 20.0 Å². The van der Waals surface area contributed by atoms with Crippen LogP contribution in [0.3, 0.4) is 0 Å². The first-order valence-corrected chi connectivity index (χ1v) is 9.85. The van der Waals surface area contributed by atoms with Gasteiger partial charge in [0.2, 0.25) is 0 Å². The molecule has 8 heteroatoms. The van der Waals surface area contributed by atoms with Gasteiger partial charge in [0.15, 0.2) is 5.78 Å². The minimum atomic E-state index is -0.469. The van der Waals surface area contributed by atoms with Gasteiger partial charge in [0.25, 0.3) is 5.69 Å². The summed E-state index contributed by atoms with van der Waals surface area (Å²) in [5.41, 5.74) is 3.01. The lowest BCUT2D eigenvalue weighted by molar-refractivity contribution is -0.384. The fourth-order valence-electron chi connectivity index (χ4n) is 4.10. The number of Topliss-reactive ketones (excluding diaryl/α,β-unsaturated/α-hetero) is 1. The fraction of sp³-hybridized carbons (Fsp3) is 0.0833. The molecule has 0 spiro atoms. The number of hydrogen-bond acceptors (Lipinski definition) is 6. The Hall–Kier alpha value is -4.46. The normalized spacial score (nSPS) is 11.3. The molecule has 0 aliphatic rings. The van der Waals surface area contributed by atoms with E-state index >= 15 is 0 Å². The fourth-order valence-corrected chi connectivity index (χ4v) is 4.10. The Balaban J connectivity index is 1.92. The highest BCUT2D eigenvalue weighted by Crippen LogP contribution is 2.43. The third kappa shape index (κ3) is 2.84. The molecule has 158 valence electrons. The number of fused-ring (bicyclic) bond motifs is 3. The molecule has 2 aromatic heterocycles. The molecule has 1 N–H and O–H groups in total. The Morgan fingerprint density at radius 2 is 1.81 bits per heavy atom. The highest BCUT2D eigenvalue weighted by molar-refractivity contribution is 6.18. The Kier molecular flexibility index (Phi) is 4.30. The predicted molar refractivity (Wildman–Crippen MR) is 119 cm³/mol. The number of hydrogen-bond donors (Lipinski definition) is 1. The number of furan rings is 1. The number of phenolic OH excluding ortho intramolecular Hbond substituents is 1. The number of carbonyl (C=O) groups is 1. The summed E-state index contributed by atoms with van der Waals surface area (Å²) in [6.07, 6.45) is 0. The van der Waals surface area contributed by atoms with Gasteiger partial charge in [0.05, 0.1) is 21.6 Å². The first-order valence-electron chi connectivity index (χ1n) is 9.85. The molecule has 5 rings (SSSR count). The zero-order chi connectivity index (χ0) is 22.6. The lowest BCUT2D eigenvalue weighted by atomic mass is 10.0. The molecule has 0 saturated heterocycles. The van der Waals surface area contributed by atoms with Gasteiger partial charge in [-0.2, -0.15) is 5.10 Å². The van der Waals surface area contributed by atoms with Gasteiger partial charge in [-0.25, -0.2) is 4.68 Å². The van der Waals surface area contributed by atoms with Crippen molar-refractivity contribution in [3.8, 4) is 22.7 Å². The summed E-state index contributed by atoms with van der Waals surface area (Å²) in [5, 5.41) is 27.8. The van der Waals surface area contributed by atoms with Gasteiger partial charge in [0.1, 0.15) is 28.3 Å². The van der Waals surface area contributed by atoms with Crippen molar-refractivity contribution in [2.75, 3.05) is 0 Å². The SMILES string of the molecule is CC(=O)c1c(C)oc2c1cc(O)c1c2c(-c2ccc([N+](=O)[O-])cc2)nn1-c1ccccc1. The summed E-state index contributed by atoms with van der Waals surface area (Å²) in [6.45, 7) is 3.15. The molecular weight excluding hydrogens is 410 g/mol. The summed E-state index contributed by atoms with van der Waals surface area (Å²) in [7, 11) is 0. The van der Waals surface area contributed by atoms with Crippen LogP contribution >= 0.6 is 0 Å². The standard InChI is InChI=1S/C24H17N3O5/c1-13(28)20-14(2)32-24-18(20)12-19(29)23-21(24)22(15-8-10-17(11-9-15)27(30)31)25-26(23)16-6-4-3-5-7-16/h3-12,29H,1-2H3. The molecule has 0 aliphatic carbocycles. The van der Waals surface area contributed by atoms with E-state index in [0.717, 1.165) is 5.69 Å². The molecule has 0 atom stereocenters. The van der Waals surface area contributed by atoms with Gasteiger partial charge >= 0.3 is 0 Å². The van der Waals surface area contributed by atoms with Gasteiger partial charge in [-0.3, -0.25) is 14.9 Å². The number of aromatic hydroxyl groups is 1. The number of non-ortho nitro benzene ring substituents is 1. The van der Waals surface area contributed by atoms with Crippen LogP contribution in [0.25, 0.3) is 38.8 Å². The van der Waals surface area contributed by atoms with Crippen molar-refractivity contribution in [1.82, 2.24) is 9.78 Å². The molecule has 3 aromatic carbocycles. The maximum atomic E-state index is 12.2. The van der Waals surface area contributed by atoms with Crippen molar-refractivity contribution < 1.29 is 19.2 Å². The molecule has 0 radical (unpaired) electrons. The number of rotatable bonds is 4. The number of nitro benzene ring substituents is 1. The van der Waals surface area contributed by atoms with E-state index in [0.29, 0.717) is 44.5 Å². The number of aryl methyl sites for hydroxylation is 1. The Morgan fingerprint density at radius 1 is 1.12 bits per heavy atom. The second-order valence-electron chi connectivity index (χ2n) is 7.49. The van der Waals surface area contributed by atoms with Crippen molar-refractivity contribution in [2.24, 2.45) is 0 Å². The largest absolute Gasteiger partial charge is 0.506 e. The maximum Gasteiger partial charge on any atom is 0.269 e. The highest BCUT2D eigenvalue weighted by atomic mass is 16.6. The van der Waals surface area contributed by atoms with Crippen LogP contribution in [0.1, 0.15) is 23.0 Å². The number of aromatic nitrogens is 2. The topological polar surface area (TPSA) is 111 Å². The summed E-state index contributed by atoms with van der Waals surface area (Å²) < 4.78 is 7.61. The lowest BCUT2D eigenvalue weighted by Crippen LogP contribution is -1.96. The van der Waals surface area contributed by atoms with Crippen molar-refractivity contribution >= 4 is 33.3 Å². The number of ketones is 1. The molecule has 0 unspecified atom stereocenters. The van der Waals surface area contributed by atoms with E-state index in [4.69, 9.17) is 9.52 Å². The quantitative estimate of drug-likeness (QED) is 0.228. The van der Waals surface area contributed by atoms with Crippen LogP contribution in [0.5, 0.6) is 5.75 Å². The third-order valence-corrected chi connectivity index (χ3v) is 5.46. The molecule has 0 bridgehead atoms. The average molecular weight is 427 g/mol. The predicted octanol–water partition coefficient (Wildman–Crippen LogP) is 5.56. The summed E-state index contributed by atoms with van der Waals surface area (Å²) in [4.78, 5) is 22.9. The van der Waals surface area contributed by atoms with Crippen molar-refractivity contribution in [3.05, 3.63) is 82.1 Å². The highest BCUT2D eigenvalue weighted by Gasteiger charge is 2.25. The van der Waals surface area contributed by atoms with Crippen LogP contribution < -0.4 is 0 Å². The molecular formula is C24H17N3O5. The number of carbonyl (C=O) groups excluding carboxylic acids is 1. The van der Waals surface area contributed by atoms with Gasteiger partial charge in [0, 0.05) is 23.1 Å². The number of benzene rings is 3. The second kappa shape index (κ2) is 7.05. The molecule has 8 nitrogen and oxygen atoms in total. The second-order valence-corrected chi connectivity index (χ2v) is 7.49. The van der Waals surface area contributed by atoms with Crippen LogP contribution in [0.4, 0.5) is 5.69 Å². The summed E-state index contributed by atoms with van der Waals surface area (Å²) >= 11 is 0. The molecule has 5 aromatic rings. The molecule has 2 heterocycles. The van der Waals surface area contributed by atoms with E-state index in [2.05, 4.69) is 0 Å². The van der Waals surface area contributed by atoms with Crippen LogP contribution in [0, 0.1) is 17.0 Å². The molecule has 0 aliphatic heterocycles. The molecule has 0 fully saturated rings. The number of nitro groups is 1. The van der Waals surface area contributed by atoms with E-state index in [1.807, 2.05) is 30.3 Å². The van der Waals surface area contributed by atoms with Gasteiger partial charge in [-0.05, 0) is 44.2 Å². The first-order chi connectivity index (χ1) is 15.4. The van der Waals surface area contributed by atoms with E-state index in [1.54, 1.807) is 23.7 Å². The van der Waals surface area contributed by atoms with E-state index in [-0.39, 0.29) is 17.2 Å². The summed E-state index contributed by atoms with van der Waals surface area (Å²) in [6, 6.07) is 16.8. The Bertz CT molecular complexity index is 1530. The van der Waals surface area contributed by atoms with Gasteiger partial charge < -0.3 is 9.52 Å². The maximum absolute atomic E-state index is 12.2. The Labute approximate surface area is 181 Å². The monoisotopic (exact) mass is 427 g/mol. The summed E-state index contributed by atoms with van der Waals surface area (Å²) in [5.74, 6) is 0.217. The van der Waals surface area contributed by atoms with Crippen LogP contribution in [0.15, 0.2) is 65.1 Å². The van der Waals surface area contributed by atoms with Crippen LogP contribution in [-0.4, -0.2) is 25.6 Å². The van der Waals surface area contributed by atoms with Crippen molar-refractivity contribution in [2.45, 2.75) is 13.8 Å². The number of phenols is 1. The smallest absolute Gasteiger partial charge is 0.269 e. The molecule has 0 amide bonds. The van der Waals surface area contributed by atoms with Gasteiger partial charge in [-0.1, -0.05) is 18.2 Å². The average Bonchev–Trinajstić information content (AvgIpc) is 3.33. The zero-order valence-corrected chi connectivity index (χ0v) is 17.2. The van der Waals surface area contributed by atoms with E-state index < -0.39 is 4.92 Å². The van der Waals surface area contributed by atoms with Crippen molar-refractivity contribution in [3.63, 3.8) is 0 Å². The minimum absolute atomic E-state index is 0.0405. The number of para-hydroxylation sites is 1. The third-order valence-electron chi connectivity index (χ3n) is 5.46. The first kappa shape index (κ1) is 19.5. The number of nitrogens with zero attached hydrogens (tertiary/aromatic N) is 3. The van der Waals surface area contributed by atoms with Crippen LogP contribution in [0.2, 0.25) is 0 Å². The minimum Gasteiger partial charge on any atom is -0.506 e.